The summed E-state index contributed by atoms with van der Waals surface area (Å²) in [6.07, 6.45) is 0. The molecule has 0 aliphatic heterocycles. The first-order valence-corrected chi connectivity index (χ1v) is 7.87. The fourth-order valence-corrected chi connectivity index (χ4v) is 2.38. The largest absolute Gasteiger partial charge is 0.496 e. The number of carbonyl (C=O) groups excluding carboxylic acids is 2. The molecule has 2 aromatic rings. The zero-order valence-electron chi connectivity index (χ0n) is 14.4. The summed E-state index contributed by atoms with van der Waals surface area (Å²) in [5.41, 5.74) is -0.432. The number of nitrogens with one attached hydrogen (secondary N) is 1. The molecule has 0 unspecified atom stereocenters. The summed E-state index contributed by atoms with van der Waals surface area (Å²) in [5, 5.41) is 13.5. The lowest BCUT2D eigenvalue weighted by atomic mass is 10.2. The molecule has 1 amide bonds. The van der Waals surface area contributed by atoms with Crippen molar-refractivity contribution >= 4 is 34.9 Å². The normalized spacial score (nSPS) is 10.0. The molecule has 0 fully saturated rings. The van der Waals surface area contributed by atoms with Gasteiger partial charge in [-0.2, -0.15) is 0 Å². The Morgan fingerprint density at radius 2 is 1.78 bits per heavy atom. The minimum Gasteiger partial charge on any atom is -0.496 e. The van der Waals surface area contributed by atoms with Crippen LogP contribution in [0.2, 0.25) is 5.02 Å². The maximum absolute atomic E-state index is 12.3. The van der Waals surface area contributed by atoms with Gasteiger partial charge in [-0.15, -0.1) is 0 Å². The quantitative estimate of drug-likeness (QED) is 0.435. The molecule has 142 valence electrons. The van der Waals surface area contributed by atoms with E-state index in [1.165, 1.54) is 38.5 Å². The van der Waals surface area contributed by atoms with E-state index in [1.54, 1.807) is 6.07 Å². The molecule has 2 aromatic carbocycles. The Morgan fingerprint density at radius 1 is 1.15 bits per heavy atom. The summed E-state index contributed by atoms with van der Waals surface area (Å²) in [7, 11) is 2.74. The van der Waals surface area contributed by atoms with Crippen LogP contribution in [0.15, 0.2) is 36.4 Å². The van der Waals surface area contributed by atoms with Crippen molar-refractivity contribution in [2.75, 3.05) is 26.1 Å². The number of anilines is 1. The highest BCUT2D eigenvalue weighted by atomic mass is 35.5. The van der Waals surface area contributed by atoms with Crippen LogP contribution in [-0.2, 0) is 9.53 Å². The number of amides is 1. The number of nitro benzene ring substituents is 1. The third kappa shape index (κ3) is 4.85. The number of hydrogen-bond acceptors (Lipinski definition) is 7. The van der Waals surface area contributed by atoms with Gasteiger partial charge in [-0.05, 0) is 24.3 Å². The summed E-state index contributed by atoms with van der Waals surface area (Å²) < 4.78 is 15.2. The van der Waals surface area contributed by atoms with Gasteiger partial charge in [0.15, 0.2) is 6.61 Å². The number of esters is 1. The van der Waals surface area contributed by atoms with Crippen molar-refractivity contribution in [3.63, 3.8) is 0 Å². The van der Waals surface area contributed by atoms with Gasteiger partial charge in [0.05, 0.1) is 19.1 Å². The predicted molar refractivity (Wildman–Crippen MR) is 96.6 cm³/mol. The molecule has 0 bridgehead atoms. The average molecular weight is 395 g/mol. The topological polar surface area (TPSA) is 117 Å². The van der Waals surface area contributed by atoms with E-state index < -0.39 is 23.4 Å². The molecule has 0 spiro atoms. The van der Waals surface area contributed by atoms with Gasteiger partial charge in [0.2, 0.25) is 0 Å². The fourth-order valence-electron chi connectivity index (χ4n) is 2.21. The Hall–Kier alpha value is -3.33. The van der Waals surface area contributed by atoms with Crippen LogP contribution in [0, 0.1) is 10.1 Å². The minimum atomic E-state index is -0.847. The zero-order valence-corrected chi connectivity index (χ0v) is 15.1. The monoisotopic (exact) mass is 394 g/mol. The number of rotatable bonds is 7. The Labute approximate surface area is 158 Å². The number of halogens is 1. The van der Waals surface area contributed by atoms with Crippen molar-refractivity contribution in [2.45, 2.75) is 0 Å². The molecule has 0 saturated heterocycles. The van der Waals surface area contributed by atoms with Gasteiger partial charge in [0.1, 0.15) is 22.7 Å². The number of methoxy groups -OCH3 is 2. The summed E-state index contributed by atoms with van der Waals surface area (Å²) >= 11 is 5.79. The lowest BCUT2D eigenvalue weighted by Crippen LogP contribution is -2.22. The first-order chi connectivity index (χ1) is 12.9. The number of carbonyl (C=O) groups is 2. The molecule has 0 radical (unpaired) electrons. The summed E-state index contributed by atoms with van der Waals surface area (Å²) in [6, 6.07) is 8.40. The highest BCUT2D eigenvalue weighted by Gasteiger charge is 2.22. The minimum absolute atomic E-state index is 0.0176. The van der Waals surface area contributed by atoms with E-state index in [2.05, 4.69) is 5.32 Å². The molecular weight excluding hydrogens is 380 g/mol. The van der Waals surface area contributed by atoms with Gasteiger partial charge in [-0.25, -0.2) is 4.79 Å². The third-order valence-corrected chi connectivity index (χ3v) is 3.63. The van der Waals surface area contributed by atoms with Crippen LogP contribution in [0.4, 0.5) is 11.4 Å². The lowest BCUT2D eigenvalue weighted by Gasteiger charge is -2.12. The van der Waals surface area contributed by atoms with Gasteiger partial charge < -0.3 is 19.5 Å². The number of benzene rings is 2. The molecule has 10 heteroatoms. The molecule has 1 N–H and O–H groups in total. The molecule has 0 aliphatic carbocycles. The molecule has 0 saturated carbocycles. The van der Waals surface area contributed by atoms with Gasteiger partial charge in [-0.3, -0.25) is 14.9 Å². The van der Waals surface area contributed by atoms with Gasteiger partial charge in [0.25, 0.3) is 11.6 Å². The van der Waals surface area contributed by atoms with Crippen LogP contribution in [0.5, 0.6) is 11.5 Å². The predicted octanol–water partition coefficient (Wildman–Crippen LogP) is 3.06. The highest BCUT2D eigenvalue weighted by Crippen LogP contribution is 2.29. The van der Waals surface area contributed by atoms with Crippen molar-refractivity contribution < 1.29 is 28.7 Å². The van der Waals surface area contributed by atoms with Crippen LogP contribution in [0.3, 0.4) is 0 Å². The SMILES string of the molecule is COc1cccc(OC)c1C(=O)OCC(=O)Nc1cc(Cl)ccc1[N+](=O)[O-]. The number of nitrogens with zero attached hydrogens (tertiary/aromatic N) is 1. The Morgan fingerprint density at radius 3 is 2.33 bits per heavy atom. The first-order valence-electron chi connectivity index (χ1n) is 7.49. The van der Waals surface area contributed by atoms with Crippen molar-refractivity contribution in [1.29, 1.82) is 0 Å². The molecular formula is C17H15ClN2O7. The van der Waals surface area contributed by atoms with E-state index in [-0.39, 0.29) is 33.5 Å². The molecule has 9 nitrogen and oxygen atoms in total. The van der Waals surface area contributed by atoms with E-state index >= 15 is 0 Å². The number of ether oxygens (including phenoxy) is 3. The first kappa shape index (κ1) is 20.0. The molecule has 27 heavy (non-hydrogen) atoms. The zero-order chi connectivity index (χ0) is 20.0. The van der Waals surface area contributed by atoms with E-state index in [4.69, 9.17) is 25.8 Å². The Bertz CT molecular complexity index is 863. The van der Waals surface area contributed by atoms with Crippen LogP contribution < -0.4 is 14.8 Å². The standard InChI is InChI=1S/C17H15ClN2O7/c1-25-13-4-3-5-14(26-2)16(13)17(22)27-9-15(21)19-11-8-10(18)6-7-12(11)20(23)24/h3-8H,9H2,1-2H3,(H,19,21). The number of hydrogen-bond donors (Lipinski definition) is 1. The summed E-state index contributed by atoms with van der Waals surface area (Å²) in [4.78, 5) is 34.7. The van der Waals surface area contributed by atoms with E-state index in [1.807, 2.05) is 0 Å². The maximum atomic E-state index is 12.3. The molecule has 0 aliphatic rings. The van der Waals surface area contributed by atoms with Crippen molar-refractivity contribution in [1.82, 2.24) is 0 Å². The lowest BCUT2D eigenvalue weighted by molar-refractivity contribution is -0.383. The van der Waals surface area contributed by atoms with Crippen molar-refractivity contribution in [2.24, 2.45) is 0 Å². The van der Waals surface area contributed by atoms with E-state index in [9.17, 15) is 19.7 Å². The van der Waals surface area contributed by atoms with Crippen molar-refractivity contribution in [3.05, 3.63) is 57.1 Å². The number of nitro groups is 1. The Kier molecular flexibility index (Phi) is 6.56. The molecule has 0 heterocycles. The molecule has 2 rings (SSSR count). The summed E-state index contributed by atoms with van der Waals surface area (Å²) in [6.45, 7) is -0.677. The highest BCUT2D eigenvalue weighted by molar-refractivity contribution is 6.31. The second kappa shape index (κ2) is 8.86. The average Bonchev–Trinajstić information content (AvgIpc) is 2.65. The second-order valence-corrected chi connectivity index (χ2v) is 5.52. The van der Waals surface area contributed by atoms with E-state index in [0.717, 1.165) is 6.07 Å². The second-order valence-electron chi connectivity index (χ2n) is 5.08. The van der Waals surface area contributed by atoms with Crippen LogP contribution in [0.25, 0.3) is 0 Å². The van der Waals surface area contributed by atoms with Gasteiger partial charge in [-0.1, -0.05) is 17.7 Å². The third-order valence-electron chi connectivity index (χ3n) is 3.40. The Balaban J connectivity index is 2.10. The van der Waals surface area contributed by atoms with Crippen LogP contribution in [0.1, 0.15) is 10.4 Å². The van der Waals surface area contributed by atoms with Gasteiger partial charge >= 0.3 is 5.97 Å². The summed E-state index contributed by atoms with van der Waals surface area (Å²) in [5.74, 6) is -1.20. The smallest absolute Gasteiger partial charge is 0.346 e. The van der Waals surface area contributed by atoms with Gasteiger partial charge in [0, 0.05) is 11.1 Å². The maximum Gasteiger partial charge on any atom is 0.346 e. The fraction of sp³-hybridized carbons (Fsp3) is 0.176. The van der Waals surface area contributed by atoms with Crippen LogP contribution in [-0.4, -0.2) is 37.6 Å². The molecule has 0 aromatic heterocycles. The van der Waals surface area contributed by atoms with E-state index in [0.29, 0.717) is 0 Å². The van der Waals surface area contributed by atoms with Crippen LogP contribution >= 0.6 is 11.6 Å². The molecule has 0 atom stereocenters. The van der Waals surface area contributed by atoms with Crippen molar-refractivity contribution in [3.8, 4) is 11.5 Å².